The summed E-state index contributed by atoms with van der Waals surface area (Å²) in [6.07, 6.45) is -4.66. The number of hydrogen-bond donors (Lipinski definition) is 2. The highest BCUT2D eigenvalue weighted by molar-refractivity contribution is 7.13. The highest BCUT2D eigenvalue weighted by Crippen LogP contribution is 2.34. The van der Waals surface area contributed by atoms with Gasteiger partial charge in [-0.3, -0.25) is 9.59 Å². The van der Waals surface area contributed by atoms with E-state index in [1.165, 1.54) is 47.2 Å². The lowest BCUT2D eigenvalue weighted by atomic mass is 10.1. The van der Waals surface area contributed by atoms with Crippen molar-refractivity contribution >= 4 is 34.5 Å². The Morgan fingerprint density at radius 2 is 1.74 bits per heavy atom. The highest BCUT2D eigenvalue weighted by Gasteiger charge is 2.31. The summed E-state index contributed by atoms with van der Waals surface area (Å²) >= 11 is 1.33. The molecule has 4 rings (SSSR count). The second-order valence-electron chi connectivity index (χ2n) is 7.02. The van der Waals surface area contributed by atoms with Gasteiger partial charge in [-0.05, 0) is 53.9 Å². The molecule has 12 heteroatoms. The van der Waals surface area contributed by atoms with Crippen LogP contribution in [0.5, 0.6) is 0 Å². The number of hydrogen-bond acceptors (Lipinski definition) is 5. The smallest absolute Gasteiger partial charge is 0.325 e. The molecule has 0 aliphatic carbocycles. The number of carbonyl (C=O) groups excluding carboxylic acids is 2. The Balaban J connectivity index is 1.73. The Morgan fingerprint density at radius 1 is 1.00 bits per heavy atom. The molecule has 0 unspecified atom stereocenters. The van der Waals surface area contributed by atoms with Crippen LogP contribution in [0.15, 0.2) is 60.0 Å². The van der Waals surface area contributed by atoms with E-state index in [9.17, 15) is 27.2 Å². The fourth-order valence-corrected chi connectivity index (χ4v) is 3.74. The molecule has 0 radical (unpaired) electrons. The lowest BCUT2D eigenvalue weighted by Crippen LogP contribution is -2.18. The molecule has 2 aromatic heterocycles. The fourth-order valence-electron chi connectivity index (χ4n) is 3.04. The van der Waals surface area contributed by atoms with E-state index in [2.05, 4.69) is 20.7 Å². The summed E-state index contributed by atoms with van der Waals surface area (Å²) in [5.41, 5.74) is -0.883. The third-order valence-corrected chi connectivity index (χ3v) is 5.39. The van der Waals surface area contributed by atoms with Crippen LogP contribution < -0.4 is 10.6 Å². The van der Waals surface area contributed by atoms with Crippen LogP contribution in [-0.2, 0) is 11.0 Å². The van der Waals surface area contributed by atoms with Crippen molar-refractivity contribution in [2.45, 2.75) is 13.1 Å². The van der Waals surface area contributed by atoms with Gasteiger partial charge < -0.3 is 10.6 Å². The Labute approximate surface area is 194 Å². The largest absolute Gasteiger partial charge is 0.416 e. The zero-order chi connectivity index (χ0) is 24.5. The van der Waals surface area contributed by atoms with Crippen LogP contribution in [-0.4, -0.2) is 26.6 Å². The molecule has 174 valence electrons. The minimum Gasteiger partial charge on any atom is -0.325 e. The quantitative estimate of drug-likeness (QED) is 0.369. The molecule has 7 nitrogen and oxygen atoms in total. The van der Waals surface area contributed by atoms with Crippen molar-refractivity contribution in [1.82, 2.24) is 14.8 Å². The zero-order valence-electron chi connectivity index (χ0n) is 17.4. The standard InChI is InChI=1S/C22H15F4N5O2S/c1-12(32)27-16-9-4-13(22(24,25)26)11-17(16)28-21(33)19-29-20(18-3-2-10-34-18)31(30-19)15-7-5-14(23)6-8-15/h2-11H,1H3,(H,27,32)(H,28,33). The van der Waals surface area contributed by atoms with E-state index in [0.29, 0.717) is 16.6 Å². The van der Waals surface area contributed by atoms with Crippen molar-refractivity contribution in [3.8, 4) is 16.4 Å². The Kier molecular flexibility index (Phi) is 6.16. The summed E-state index contributed by atoms with van der Waals surface area (Å²) in [4.78, 5) is 29.3. The first kappa shape index (κ1) is 23.1. The number of amides is 2. The van der Waals surface area contributed by atoms with Gasteiger partial charge in [0, 0.05) is 6.92 Å². The molecule has 0 fully saturated rings. The number of benzene rings is 2. The molecular formula is C22H15F4N5O2S. The average Bonchev–Trinajstić information content (AvgIpc) is 3.44. The number of alkyl halides is 3. The second-order valence-corrected chi connectivity index (χ2v) is 7.97. The van der Waals surface area contributed by atoms with Gasteiger partial charge in [0.1, 0.15) is 5.82 Å². The first-order chi connectivity index (χ1) is 16.1. The molecule has 0 spiro atoms. The number of aromatic nitrogens is 3. The van der Waals surface area contributed by atoms with Crippen LogP contribution >= 0.6 is 11.3 Å². The summed E-state index contributed by atoms with van der Waals surface area (Å²) in [6, 6.07) is 11.4. The van der Waals surface area contributed by atoms with E-state index in [0.717, 1.165) is 12.1 Å². The van der Waals surface area contributed by atoms with Crippen LogP contribution in [0.1, 0.15) is 23.1 Å². The number of thiophene rings is 1. The predicted molar refractivity (Wildman–Crippen MR) is 118 cm³/mol. The number of nitrogens with one attached hydrogen (secondary N) is 2. The molecule has 0 atom stereocenters. The van der Waals surface area contributed by atoms with Gasteiger partial charge >= 0.3 is 6.18 Å². The van der Waals surface area contributed by atoms with Crippen molar-refractivity contribution in [1.29, 1.82) is 0 Å². The Bertz CT molecular complexity index is 1350. The number of halogens is 4. The van der Waals surface area contributed by atoms with Gasteiger partial charge in [-0.2, -0.15) is 13.2 Å². The van der Waals surface area contributed by atoms with Crippen molar-refractivity contribution in [2.24, 2.45) is 0 Å². The third kappa shape index (κ3) is 4.96. The summed E-state index contributed by atoms with van der Waals surface area (Å²) in [6.45, 7) is 1.18. The lowest BCUT2D eigenvalue weighted by molar-refractivity contribution is -0.137. The summed E-state index contributed by atoms with van der Waals surface area (Å²) in [5.74, 6) is -1.94. The minimum atomic E-state index is -4.66. The van der Waals surface area contributed by atoms with E-state index in [-0.39, 0.29) is 23.0 Å². The first-order valence-electron chi connectivity index (χ1n) is 9.69. The Hall–Kier alpha value is -4.06. The maximum absolute atomic E-state index is 13.4. The molecule has 0 saturated carbocycles. The Morgan fingerprint density at radius 3 is 2.35 bits per heavy atom. The van der Waals surface area contributed by atoms with Crippen LogP contribution in [0.2, 0.25) is 0 Å². The second kappa shape index (κ2) is 9.06. The van der Waals surface area contributed by atoms with Gasteiger partial charge in [0.25, 0.3) is 5.91 Å². The molecule has 2 heterocycles. The molecule has 4 aromatic rings. The van der Waals surface area contributed by atoms with E-state index >= 15 is 0 Å². The molecule has 2 aromatic carbocycles. The van der Waals surface area contributed by atoms with Crippen molar-refractivity contribution in [2.75, 3.05) is 10.6 Å². The molecule has 0 aliphatic rings. The van der Waals surface area contributed by atoms with Gasteiger partial charge in [0.15, 0.2) is 5.82 Å². The zero-order valence-corrected chi connectivity index (χ0v) is 18.2. The maximum atomic E-state index is 13.4. The molecule has 34 heavy (non-hydrogen) atoms. The molecule has 2 amide bonds. The maximum Gasteiger partial charge on any atom is 0.416 e. The van der Waals surface area contributed by atoms with Gasteiger partial charge in [-0.25, -0.2) is 14.1 Å². The van der Waals surface area contributed by atoms with Crippen molar-refractivity contribution in [3.05, 3.63) is 77.2 Å². The van der Waals surface area contributed by atoms with E-state index in [1.807, 2.05) is 0 Å². The third-order valence-electron chi connectivity index (χ3n) is 4.53. The van der Waals surface area contributed by atoms with Gasteiger partial charge in [-0.15, -0.1) is 16.4 Å². The monoisotopic (exact) mass is 489 g/mol. The number of anilines is 2. The SMILES string of the molecule is CC(=O)Nc1ccc(C(F)(F)F)cc1NC(=O)c1nc(-c2cccs2)n(-c2ccc(F)cc2)n1. The van der Waals surface area contributed by atoms with E-state index in [4.69, 9.17) is 0 Å². The minimum absolute atomic E-state index is 0.0229. The van der Waals surface area contributed by atoms with Crippen molar-refractivity contribution < 1.29 is 27.2 Å². The van der Waals surface area contributed by atoms with E-state index < -0.39 is 29.4 Å². The fraction of sp³-hybridized carbons (Fsp3) is 0.0909. The first-order valence-corrected chi connectivity index (χ1v) is 10.6. The van der Waals surface area contributed by atoms with Crippen LogP contribution in [0.3, 0.4) is 0 Å². The summed E-state index contributed by atoms with van der Waals surface area (Å²) in [7, 11) is 0. The van der Waals surface area contributed by atoms with Gasteiger partial charge in [0.2, 0.25) is 11.7 Å². The normalized spacial score (nSPS) is 11.3. The molecule has 0 bridgehead atoms. The summed E-state index contributed by atoms with van der Waals surface area (Å²) in [5, 5.41) is 10.7. The number of carbonyl (C=O) groups is 2. The number of nitrogens with zero attached hydrogens (tertiary/aromatic N) is 3. The molecule has 2 N–H and O–H groups in total. The average molecular weight is 489 g/mol. The molecule has 0 aliphatic heterocycles. The predicted octanol–water partition coefficient (Wildman–Crippen LogP) is 5.36. The van der Waals surface area contributed by atoms with Crippen LogP contribution in [0.25, 0.3) is 16.4 Å². The van der Waals surface area contributed by atoms with Crippen LogP contribution in [0, 0.1) is 5.82 Å². The molecule has 0 saturated heterocycles. The number of rotatable bonds is 5. The highest BCUT2D eigenvalue weighted by atomic mass is 32.1. The van der Waals surface area contributed by atoms with Gasteiger partial charge in [0.05, 0.1) is 27.5 Å². The molecular weight excluding hydrogens is 474 g/mol. The topological polar surface area (TPSA) is 88.9 Å². The van der Waals surface area contributed by atoms with Crippen LogP contribution in [0.4, 0.5) is 28.9 Å². The lowest BCUT2D eigenvalue weighted by Gasteiger charge is -2.14. The van der Waals surface area contributed by atoms with Crippen molar-refractivity contribution in [3.63, 3.8) is 0 Å². The summed E-state index contributed by atoms with van der Waals surface area (Å²) < 4.78 is 54.3. The van der Waals surface area contributed by atoms with E-state index in [1.54, 1.807) is 17.5 Å². The van der Waals surface area contributed by atoms with Gasteiger partial charge in [-0.1, -0.05) is 6.07 Å².